The maximum absolute atomic E-state index is 12.4. The fourth-order valence-corrected chi connectivity index (χ4v) is 3.28. The number of carbonyl (C=O) groups excluding carboxylic acids is 1. The van der Waals surface area contributed by atoms with Crippen LogP contribution < -0.4 is 5.32 Å². The Morgan fingerprint density at radius 1 is 1.48 bits per heavy atom. The first-order valence-electron chi connectivity index (χ1n) is 7.40. The lowest BCUT2D eigenvalue weighted by molar-refractivity contribution is 0.0938. The van der Waals surface area contributed by atoms with Gasteiger partial charge in [-0.15, -0.1) is 11.3 Å². The summed E-state index contributed by atoms with van der Waals surface area (Å²) in [5.41, 5.74) is 1.95. The molecule has 0 unspecified atom stereocenters. The van der Waals surface area contributed by atoms with Gasteiger partial charge in [0.25, 0.3) is 5.91 Å². The first kappa shape index (κ1) is 15.6. The number of nitrogens with one attached hydrogen (secondary N) is 1. The summed E-state index contributed by atoms with van der Waals surface area (Å²) in [4.78, 5) is 17.8. The molecule has 23 heavy (non-hydrogen) atoms. The second kappa shape index (κ2) is 6.89. The van der Waals surface area contributed by atoms with Crippen LogP contribution in [0.15, 0.2) is 36.0 Å². The number of fused-ring (bicyclic) bond motifs is 1. The van der Waals surface area contributed by atoms with Gasteiger partial charge in [0, 0.05) is 36.2 Å². The smallest absolute Gasteiger partial charge is 0.254 e. The Morgan fingerprint density at radius 3 is 3.09 bits per heavy atom. The van der Waals surface area contributed by atoms with Gasteiger partial charge in [0.05, 0.1) is 17.5 Å². The van der Waals surface area contributed by atoms with E-state index < -0.39 is 0 Å². The molecule has 1 amide bonds. The molecule has 0 aliphatic rings. The molecule has 6 nitrogen and oxygen atoms in total. The van der Waals surface area contributed by atoms with E-state index in [9.17, 15) is 9.90 Å². The van der Waals surface area contributed by atoms with E-state index in [1.54, 1.807) is 34.3 Å². The van der Waals surface area contributed by atoms with E-state index in [4.69, 9.17) is 0 Å². The zero-order valence-corrected chi connectivity index (χ0v) is 13.6. The largest absolute Gasteiger partial charge is 0.396 e. The van der Waals surface area contributed by atoms with Gasteiger partial charge in [-0.05, 0) is 24.8 Å². The molecular weight excluding hydrogens is 312 g/mol. The zero-order valence-electron chi connectivity index (χ0n) is 12.8. The minimum Gasteiger partial charge on any atom is -0.396 e. The predicted molar refractivity (Wildman–Crippen MR) is 88.7 cm³/mol. The van der Waals surface area contributed by atoms with Crippen molar-refractivity contribution >= 4 is 22.9 Å². The first-order valence-corrected chi connectivity index (χ1v) is 8.27. The van der Waals surface area contributed by atoms with Crippen molar-refractivity contribution in [2.24, 2.45) is 5.92 Å². The molecule has 3 rings (SSSR count). The standard InChI is InChI=1S/C16H18N4O2S/c1-11-14(9-17-15-4-5-19-20(11)15)16(22)18-8-12(10-21)7-13-3-2-6-23-13/h2-6,9,12,21H,7-8,10H2,1H3,(H,18,22)/t12-/m1/s1. The van der Waals surface area contributed by atoms with Gasteiger partial charge >= 0.3 is 0 Å². The number of aryl methyl sites for hydroxylation is 1. The normalized spacial score (nSPS) is 12.4. The van der Waals surface area contributed by atoms with Gasteiger partial charge in [0.2, 0.25) is 0 Å². The van der Waals surface area contributed by atoms with Gasteiger partial charge in [-0.2, -0.15) is 5.10 Å². The fourth-order valence-electron chi connectivity index (χ4n) is 2.46. The van der Waals surface area contributed by atoms with Gasteiger partial charge in [0.15, 0.2) is 5.65 Å². The molecular formula is C16H18N4O2S. The number of carbonyl (C=O) groups is 1. The molecule has 0 aliphatic carbocycles. The number of aliphatic hydroxyl groups is 1. The monoisotopic (exact) mass is 330 g/mol. The Hall–Kier alpha value is -2.25. The SMILES string of the molecule is Cc1c(C(=O)NC[C@H](CO)Cc2cccs2)cnc2ccnn12. The Kier molecular flexibility index (Phi) is 4.68. The summed E-state index contributed by atoms with van der Waals surface area (Å²) in [6, 6.07) is 5.81. The van der Waals surface area contributed by atoms with E-state index in [0.29, 0.717) is 17.8 Å². The highest BCUT2D eigenvalue weighted by atomic mass is 32.1. The number of nitrogens with zero attached hydrogens (tertiary/aromatic N) is 3. The van der Waals surface area contributed by atoms with E-state index in [0.717, 1.165) is 12.1 Å². The van der Waals surface area contributed by atoms with Crippen molar-refractivity contribution < 1.29 is 9.90 Å². The lowest BCUT2D eigenvalue weighted by atomic mass is 10.1. The number of rotatable bonds is 6. The minimum absolute atomic E-state index is 0.000648. The van der Waals surface area contributed by atoms with Crippen molar-refractivity contribution in [3.05, 3.63) is 52.1 Å². The minimum atomic E-state index is -0.197. The van der Waals surface area contributed by atoms with Gasteiger partial charge in [-0.3, -0.25) is 4.79 Å². The molecule has 0 radical (unpaired) electrons. The molecule has 0 aromatic carbocycles. The third-order valence-electron chi connectivity index (χ3n) is 3.78. The van der Waals surface area contributed by atoms with E-state index in [1.807, 2.05) is 24.4 Å². The summed E-state index contributed by atoms with van der Waals surface area (Å²) in [6.07, 6.45) is 3.97. The molecule has 7 heteroatoms. The van der Waals surface area contributed by atoms with Crippen LogP contribution in [-0.4, -0.2) is 38.8 Å². The highest BCUT2D eigenvalue weighted by Crippen LogP contribution is 2.14. The second-order valence-electron chi connectivity index (χ2n) is 5.40. The zero-order chi connectivity index (χ0) is 16.2. The van der Waals surface area contributed by atoms with Crippen LogP contribution in [0.25, 0.3) is 5.65 Å². The number of thiophene rings is 1. The Labute approximate surface area is 137 Å². The van der Waals surface area contributed by atoms with E-state index >= 15 is 0 Å². The maximum atomic E-state index is 12.4. The summed E-state index contributed by atoms with van der Waals surface area (Å²) < 4.78 is 1.64. The number of aromatic nitrogens is 3. The van der Waals surface area contributed by atoms with E-state index in [2.05, 4.69) is 15.4 Å². The summed E-state index contributed by atoms with van der Waals surface area (Å²) in [6.45, 7) is 2.29. The van der Waals surface area contributed by atoms with E-state index in [1.165, 1.54) is 4.88 Å². The van der Waals surface area contributed by atoms with Crippen LogP contribution in [0.4, 0.5) is 0 Å². The highest BCUT2D eigenvalue weighted by molar-refractivity contribution is 7.09. The number of hydrogen-bond donors (Lipinski definition) is 2. The van der Waals surface area contributed by atoms with Crippen LogP contribution in [0.3, 0.4) is 0 Å². The van der Waals surface area contributed by atoms with Gasteiger partial charge < -0.3 is 10.4 Å². The molecule has 0 spiro atoms. The van der Waals surface area contributed by atoms with Crippen molar-refractivity contribution in [3.8, 4) is 0 Å². The molecule has 2 N–H and O–H groups in total. The van der Waals surface area contributed by atoms with Crippen molar-refractivity contribution in [3.63, 3.8) is 0 Å². The quantitative estimate of drug-likeness (QED) is 0.721. The maximum Gasteiger partial charge on any atom is 0.254 e. The van der Waals surface area contributed by atoms with Crippen LogP contribution in [0.2, 0.25) is 0 Å². The van der Waals surface area contributed by atoms with Crippen molar-refractivity contribution in [2.45, 2.75) is 13.3 Å². The Morgan fingerprint density at radius 2 is 2.35 bits per heavy atom. The van der Waals surface area contributed by atoms with Gasteiger partial charge in [-0.25, -0.2) is 9.50 Å². The predicted octanol–water partition coefficient (Wildman–Crippen LogP) is 1.68. The summed E-state index contributed by atoms with van der Waals surface area (Å²) in [5, 5.41) is 18.6. The van der Waals surface area contributed by atoms with Gasteiger partial charge in [0.1, 0.15) is 0 Å². The molecule has 3 aromatic heterocycles. The topological polar surface area (TPSA) is 79.5 Å². The van der Waals surface area contributed by atoms with Gasteiger partial charge in [-0.1, -0.05) is 6.07 Å². The molecule has 3 aromatic rings. The van der Waals surface area contributed by atoms with Crippen molar-refractivity contribution in [1.29, 1.82) is 0 Å². The average molecular weight is 330 g/mol. The summed E-state index contributed by atoms with van der Waals surface area (Å²) in [7, 11) is 0. The van der Waals surface area contributed by atoms with Crippen LogP contribution in [0.1, 0.15) is 20.9 Å². The van der Waals surface area contributed by atoms with Crippen LogP contribution in [-0.2, 0) is 6.42 Å². The number of amides is 1. The van der Waals surface area contributed by atoms with Crippen LogP contribution >= 0.6 is 11.3 Å². The summed E-state index contributed by atoms with van der Waals surface area (Å²) in [5.74, 6) is -0.198. The summed E-state index contributed by atoms with van der Waals surface area (Å²) >= 11 is 1.66. The average Bonchev–Trinajstić information content (AvgIpc) is 3.23. The van der Waals surface area contributed by atoms with Crippen molar-refractivity contribution in [2.75, 3.05) is 13.2 Å². The molecule has 3 heterocycles. The molecule has 0 aliphatic heterocycles. The second-order valence-corrected chi connectivity index (χ2v) is 6.43. The number of hydrogen-bond acceptors (Lipinski definition) is 5. The third-order valence-corrected chi connectivity index (χ3v) is 4.68. The molecule has 0 saturated heterocycles. The number of aliphatic hydroxyl groups excluding tert-OH is 1. The van der Waals surface area contributed by atoms with Crippen LogP contribution in [0.5, 0.6) is 0 Å². The lowest BCUT2D eigenvalue weighted by Gasteiger charge is -2.15. The molecule has 1 atom stereocenters. The first-order chi connectivity index (χ1) is 11.2. The van der Waals surface area contributed by atoms with Crippen molar-refractivity contribution in [1.82, 2.24) is 19.9 Å². The highest BCUT2D eigenvalue weighted by Gasteiger charge is 2.15. The lowest BCUT2D eigenvalue weighted by Crippen LogP contribution is -2.32. The Balaban J connectivity index is 1.66. The molecule has 0 saturated carbocycles. The Bertz CT molecular complexity index is 798. The molecule has 120 valence electrons. The van der Waals surface area contributed by atoms with E-state index in [-0.39, 0.29) is 18.4 Å². The molecule has 0 fully saturated rings. The fraction of sp³-hybridized carbons (Fsp3) is 0.312. The van der Waals surface area contributed by atoms with Crippen LogP contribution in [0, 0.1) is 12.8 Å². The third kappa shape index (κ3) is 3.40. The molecule has 0 bridgehead atoms.